The maximum Gasteiger partial charge on any atom is 0.270 e. The molecule has 0 bridgehead atoms. The minimum absolute atomic E-state index is 0.0269. The molecule has 0 atom stereocenters. The van der Waals surface area contributed by atoms with Gasteiger partial charge in [-0.25, -0.2) is 0 Å². The van der Waals surface area contributed by atoms with E-state index in [1.54, 1.807) is 23.9 Å². The van der Waals surface area contributed by atoms with E-state index in [1.807, 2.05) is 67.6 Å². The fraction of sp³-hybridized carbons (Fsp3) is 0.0417. The zero-order valence-corrected chi connectivity index (χ0v) is 20.7. The average Bonchev–Trinajstić information content (AvgIpc) is 2.75. The summed E-state index contributed by atoms with van der Waals surface area (Å²) in [5.74, 6) is -0.964. The summed E-state index contributed by atoms with van der Waals surface area (Å²) in [6.07, 6.45) is 1.58. The number of rotatable bonds is 4. The smallest absolute Gasteiger partial charge is 0.270 e. The van der Waals surface area contributed by atoms with Crippen LogP contribution in [-0.4, -0.2) is 16.9 Å². The highest BCUT2D eigenvalue weighted by Crippen LogP contribution is 2.30. The molecule has 3 aromatic rings. The van der Waals surface area contributed by atoms with E-state index >= 15 is 0 Å². The summed E-state index contributed by atoms with van der Waals surface area (Å²) in [4.78, 5) is 29.2. The van der Waals surface area contributed by atoms with E-state index < -0.39 is 11.8 Å². The molecular formula is C24H16BrClN2O2S2. The molecule has 4 rings (SSSR count). The first-order valence-corrected chi connectivity index (χ1v) is 11.9. The largest absolute Gasteiger partial charge is 0.298 e. The van der Waals surface area contributed by atoms with Crippen molar-refractivity contribution in [3.8, 4) is 0 Å². The summed E-state index contributed by atoms with van der Waals surface area (Å²) in [6, 6.07) is 20.7. The molecule has 1 N–H and O–H groups in total. The van der Waals surface area contributed by atoms with E-state index in [0.717, 1.165) is 25.4 Å². The number of hydrogen-bond acceptors (Lipinski definition) is 4. The maximum atomic E-state index is 13.2. The van der Waals surface area contributed by atoms with Crippen molar-refractivity contribution in [1.29, 1.82) is 0 Å². The molecule has 1 fully saturated rings. The minimum Gasteiger partial charge on any atom is -0.298 e. The van der Waals surface area contributed by atoms with Crippen LogP contribution in [0.4, 0.5) is 5.69 Å². The van der Waals surface area contributed by atoms with Crippen LogP contribution >= 0.6 is 51.5 Å². The van der Waals surface area contributed by atoms with Gasteiger partial charge in [0, 0.05) is 19.3 Å². The Bertz CT molecular complexity index is 1260. The van der Waals surface area contributed by atoms with Crippen LogP contribution < -0.4 is 10.2 Å². The lowest BCUT2D eigenvalue weighted by Gasteiger charge is -2.30. The van der Waals surface area contributed by atoms with Gasteiger partial charge in [0.15, 0.2) is 5.11 Å². The molecule has 0 saturated carbocycles. The third-order valence-corrected chi connectivity index (χ3v) is 6.79. The Morgan fingerprint density at radius 3 is 2.25 bits per heavy atom. The highest BCUT2D eigenvalue weighted by molar-refractivity contribution is 9.10. The zero-order valence-electron chi connectivity index (χ0n) is 16.8. The molecule has 1 saturated heterocycles. The Balaban J connectivity index is 1.59. The van der Waals surface area contributed by atoms with Crippen LogP contribution in [0.15, 0.2) is 86.6 Å². The second-order valence-corrected chi connectivity index (χ2v) is 9.90. The lowest BCUT2D eigenvalue weighted by atomic mass is 10.1. The Kier molecular flexibility index (Phi) is 6.81. The van der Waals surface area contributed by atoms with Crippen LogP contribution in [0.1, 0.15) is 11.1 Å². The van der Waals surface area contributed by atoms with Crippen molar-refractivity contribution in [3.63, 3.8) is 0 Å². The monoisotopic (exact) mass is 542 g/mol. The highest BCUT2D eigenvalue weighted by Gasteiger charge is 2.35. The first kappa shape index (κ1) is 22.7. The Morgan fingerprint density at radius 1 is 1.00 bits per heavy atom. The van der Waals surface area contributed by atoms with Crippen LogP contribution in [0, 0.1) is 6.92 Å². The predicted molar refractivity (Wildman–Crippen MR) is 137 cm³/mol. The van der Waals surface area contributed by atoms with Gasteiger partial charge in [-0.15, -0.1) is 0 Å². The van der Waals surface area contributed by atoms with E-state index in [0.29, 0.717) is 10.7 Å². The normalized spacial score (nSPS) is 15.3. The lowest BCUT2D eigenvalue weighted by molar-refractivity contribution is -0.122. The van der Waals surface area contributed by atoms with Crippen molar-refractivity contribution in [2.75, 3.05) is 4.90 Å². The van der Waals surface area contributed by atoms with Gasteiger partial charge in [-0.05, 0) is 90.9 Å². The number of nitrogens with one attached hydrogen (secondary N) is 1. The van der Waals surface area contributed by atoms with E-state index in [1.165, 1.54) is 4.90 Å². The van der Waals surface area contributed by atoms with Crippen molar-refractivity contribution in [1.82, 2.24) is 5.32 Å². The van der Waals surface area contributed by atoms with Gasteiger partial charge in [0.25, 0.3) is 11.8 Å². The fourth-order valence-electron chi connectivity index (χ4n) is 3.18. The number of carbonyl (C=O) groups is 2. The van der Waals surface area contributed by atoms with Crippen molar-refractivity contribution in [2.45, 2.75) is 16.7 Å². The van der Waals surface area contributed by atoms with Crippen LogP contribution in [0.3, 0.4) is 0 Å². The number of thiocarbonyl (C=S) groups is 1. The van der Waals surface area contributed by atoms with Crippen molar-refractivity contribution >= 4 is 80.2 Å². The van der Waals surface area contributed by atoms with E-state index in [4.69, 9.17) is 23.8 Å². The number of nitrogens with zero attached hydrogens (tertiary/aromatic N) is 1. The van der Waals surface area contributed by atoms with Gasteiger partial charge in [-0.2, -0.15) is 0 Å². The fourth-order valence-corrected chi connectivity index (χ4v) is 4.88. The van der Waals surface area contributed by atoms with Crippen LogP contribution in [0.2, 0.25) is 5.02 Å². The molecular weight excluding hydrogens is 528 g/mol. The summed E-state index contributed by atoms with van der Waals surface area (Å²) < 4.78 is 0.894. The van der Waals surface area contributed by atoms with Crippen molar-refractivity contribution < 1.29 is 9.59 Å². The van der Waals surface area contributed by atoms with Crippen molar-refractivity contribution in [2.24, 2.45) is 0 Å². The number of carbonyl (C=O) groups excluding carboxylic acids is 2. The van der Waals surface area contributed by atoms with Gasteiger partial charge in [0.05, 0.1) is 5.69 Å². The molecule has 0 unspecified atom stereocenters. The lowest BCUT2D eigenvalue weighted by Crippen LogP contribution is -2.54. The summed E-state index contributed by atoms with van der Waals surface area (Å²) in [6.45, 7) is 1.88. The van der Waals surface area contributed by atoms with E-state index in [2.05, 4.69) is 21.2 Å². The van der Waals surface area contributed by atoms with Gasteiger partial charge in [0.1, 0.15) is 5.57 Å². The SMILES string of the molecule is Cc1cc(Br)ccc1N1C(=O)/C(=C/c2ccc(Sc3ccc(Cl)cc3)cc2)C(=O)NC1=S. The average molecular weight is 544 g/mol. The molecule has 0 spiro atoms. The number of halogens is 2. The maximum absolute atomic E-state index is 13.2. The second-order valence-electron chi connectivity index (χ2n) is 7.01. The number of amides is 2. The summed E-state index contributed by atoms with van der Waals surface area (Å²) in [5.41, 5.74) is 2.25. The van der Waals surface area contributed by atoms with Gasteiger partial charge in [-0.3, -0.25) is 19.8 Å². The molecule has 8 heteroatoms. The molecule has 160 valence electrons. The number of hydrogen-bond donors (Lipinski definition) is 1. The minimum atomic E-state index is -0.509. The topological polar surface area (TPSA) is 49.4 Å². The Labute approximate surface area is 208 Å². The summed E-state index contributed by atoms with van der Waals surface area (Å²) >= 11 is 16.2. The van der Waals surface area contributed by atoms with Gasteiger partial charge < -0.3 is 0 Å². The van der Waals surface area contributed by atoms with Crippen LogP contribution in [-0.2, 0) is 9.59 Å². The molecule has 0 aliphatic carbocycles. The summed E-state index contributed by atoms with van der Waals surface area (Å²) in [7, 11) is 0. The highest BCUT2D eigenvalue weighted by atomic mass is 79.9. The van der Waals surface area contributed by atoms with Gasteiger partial charge >= 0.3 is 0 Å². The number of anilines is 1. The molecule has 1 aliphatic rings. The molecule has 4 nitrogen and oxygen atoms in total. The molecule has 0 radical (unpaired) electrons. The third kappa shape index (κ3) is 4.96. The third-order valence-electron chi connectivity index (χ3n) is 4.74. The summed E-state index contributed by atoms with van der Waals surface area (Å²) in [5, 5.41) is 3.38. The van der Waals surface area contributed by atoms with Crippen molar-refractivity contribution in [3.05, 3.63) is 92.9 Å². The zero-order chi connectivity index (χ0) is 22.8. The van der Waals surface area contributed by atoms with E-state index in [9.17, 15) is 9.59 Å². The van der Waals surface area contributed by atoms with Crippen LogP contribution in [0.5, 0.6) is 0 Å². The first-order chi connectivity index (χ1) is 15.3. The number of benzene rings is 3. The van der Waals surface area contributed by atoms with Gasteiger partial charge in [-0.1, -0.05) is 51.4 Å². The molecule has 1 heterocycles. The molecule has 32 heavy (non-hydrogen) atoms. The molecule has 2 amide bonds. The Hall–Kier alpha value is -2.45. The molecule has 0 aromatic heterocycles. The first-order valence-electron chi connectivity index (χ1n) is 9.53. The molecule has 1 aliphatic heterocycles. The molecule has 3 aromatic carbocycles. The quantitative estimate of drug-likeness (QED) is 0.235. The number of aryl methyl sites for hydroxylation is 1. The standard InChI is InChI=1S/C24H16BrClN2O2S2/c1-14-12-16(25)4-11-21(14)28-23(30)20(22(29)27-24(28)31)13-15-2-7-18(8-3-15)32-19-9-5-17(26)6-10-19/h2-13H,1H3,(H,27,29,31)/b20-13+. The van der Waals surface area contributed by atoms with Crippen LogP contribution in [0.25, 0.3) is 6.08 Å². The van der Waals surface area contributed by atoms with E-state index in [-0.39, 0.29) is 10.7 Å². The Morgan fingerprint density at radius 2 is 1.62 bits per heavy atom. The second kappa shape index (κ2) is 9.58. The predicted octanol–water partition coefficient (Wildman–Crippen LogP) is 6.39. The van der Waals surface area contributed by atoms with Gasteiger partial charge in [0.2, 0.25) is 0 Å².